The van der Waals surface area contributed by atoms with E-state index in [1.165, 1.54) is 21.2 Å². The van der Waals surface area contributed by atoms with E-state index in [2.05, 4.69) is 84.9 Å². The minimum atomic E-state index is -0.656. The van der Waals surface area contributed by atoms with Gasteiger partial charge in [0.05, 0.1) is 21.3 Å². The number of hydrogen-bond donors (Lipinski definition) is 0. The van der Waals surface area contributed by atoms with Gasteiger partial charge in [-0.3, -0.25) is 0 Å². The minimum absolute atomic E-state index is 0.597. The standard InChI is InChI=1S/C29H30O3P2/c1-30-23-18-19-27(32-3)29(22-23)34(25-14-8-5-9-15-25)21-20-33(24-12-6-4-7-13-24)28-17-11-10-16-26(28)31-2/h4-19,22H,20-21H2,1-3H3/t33-,34+/m1/s1. The van der Waals surface area contributed by atoms with Crippen LogP contribution in [-0.2, 0) is 0 Å². The van der Waals surface area contributed by atoms with E-state index in [0.717, 1.165) is 29.6 Å². The van der Waals surface area contributed by atoms with Gasteiger partial charge in [0.1, 0.15) is 17.2 Å². The molecule has 0 saturated heterocycles. The van der Waals surface area contributed by atoms with E-state index in [9.17, 15) is 0 Å². The zero-order valence-electron chi connectivity index (χ0n) is 19.8. The molecule has 0 aliphatic carbocycles. The number of benzene rings is 4. The predicted octanol–water partition coefficient (Wildman–Crippen LogP) is 5.28. The van der Waals surface area contributed by atoms with Gasteiger partial charge in [-0.2, -0.15) is 0 Å². The van der Waals surface area contributed by atoms with Gasteiger partial charge in [-0.25, -0.2) is 0 Å². The van der Waals surface area contributed by atoms with Crippen molar-refractivity contribution < 1.29 is 14.2 Å². The maximum absolute atomic E-state index is 5.81. The maximum atomic E-state index is 5.81. The molecule has 0 N–H and O–H groups in total. The van der Waals surface area contributed by atoms with Crippen LogP contribution in [0.2, 0.25) is 0 Å². The molecular formula is C29H30O3P2. The highest BCUT2D eigenvalue weighted by Crippen LogP contribution is 2.44. The van der Waals surface area contributed by atoms with Crippen molar-refractivity contribution in [3.63, 3.8) is 0 Å². The SMILES string of the molecule is COc1ccc(OC)c([P@@](CC[P@](c2ccccc2)c2ccccc2OC)c2ccccc2)c1. The van der Waals surface area contributed by atoms with Crippen molar-refractivity contribution in [2.24, 2.45) is 0 Å². The maximum Gasteiger partial charge on any atom is 0.127 e. The molecule has 0 fully saturated rings. The topological polar surface area (TPSA) is 27.7 Å². The van der Waals surface area contributed by atoms with Crippen molar-refractivity contribution in [3.8, 4) is 17.2 Å². The summed E-state index contributed by atoms with van der Waals surface area (Å²) in [6, 6.07) is 36.2. The fraction of sp³-hybridized carbons (Fsp3) is 0.172. The summed E-state index contributed by atoms with van der Waals surface area (Å²) in [5, 5.41) is 5.20. The van der Waals surface area contributed by atoms with Gasteiger partial charge in [0.15, 0.2) is 0 Å². The summed E-state index contributed by atoms with van der Waals surface area (Å²) in [7, 11) is 3.97. The van der Waals surface area contributed by atoms with E-state index in [-0.39, 0.29) is 0 Å². The molecule has 0 aliphatic rings. The number of hydrogen-bond acceptors (Lipinski definition) is 3. The van der Waals surface area contributed by atoms with E-state index in [1.807, 2.05) is 18.2 Å². The number of rotatable bonds is 10. The lowest BCUT2D eigenvalue weighted by molar-refractivity contribution is 0.406. The zero-order chi connectivity index (χ0) is 23.8. The van der Waals surface area contributed by atoms with E-state index in [0.29, 0.717) is 0 Å². The van der Waals surface area contributed by atoms with E-state index in [1.54, 1.807) is 21.3 Å². The van der Waals surface area contributed by atoms with Crippen molar-refractivity contribution in [1.29, 1.82) is 0 Å². The number of para-hydroxylation sites is 1. The lowest BCUT2D eigenvalue weighted by Crippen LogP contribution is -2.21. The molecule has 0 aliphatic heterocycles. The third-order valence-corrected chi connectivity index (χ3v) is 11.2. The molecule has 2 atom stereocenters. The molecule has 0 bridgehead atoms. The Hall–Kier alpha value is -2.86. The molecular weight excluding hydrogens is 458 g/mol. The summed E-state index contributed by atoms with van der Waals surface area (Å²) < 4.78 is 17.2. The Morgan fingerprint density at radius 3 is 1.56 bits per heavy atom. The van der Waals surface area contributed by atoms with Crippen LogP contribution in [0.15, 0.2) is 103 Å². The highest BCUT2D eigenvalue weighted by atomic mass is 31.1. The quantitative estimate of drug-likeness (QED) is 0.285. The first kappa shape index (κ1) is 24.3. The van der Waals surface area contributed by atoms with Crippen LogP contribution in [0.1, 0.15) is 0 Å². The normalized spacial score (nSPS) is 12.6. The smallest absolute Gasteiger partial charge is 0.127 e. The summed E-state index contributed by atoms with van der Waals surface area (Å²) in [5.74, 6) is 2.73. The Balaban J connectivity index is 1.75. The van der Waals surface area contributed by atoms with Gasteiger partial charge < -0.3 is 14.2 Å². The Kier molecular flexibility index (Phi) is 8.58. The lowest BCUT2D eigenvalue weighted by Gasteiger charge is -2.26. The highest BCUT2D eigenvalue weighted by Gasteiger charge is 2.23. The van der Waals surface area contributed by atoms with Crippen molar-refractivity contribution >= 4 is 37.1 Å². The lowest BCUT2D eigenvalue weighted by atomic mass is 10.3. The molecule has 0 unspecified atom stereocenters. The van der Waals surface area contributed by atoms with E-state index < -0.39 is 15.8 Å². The van der Waals surface area contributed by atoms with Crippen LogP contribution in [0.3, 0.4) is 0 Å². The van der Waals surface area contributed by atoms with Gasteiger partial charge in [0.25, 0.3) is 0 Å². The molecule has 0 radical (unpaired) electrons. The molecule has 0 amide bonds. The van der Waals surface area contributed by atoms with Gasteiger partial charge in [0.2, 0.25) is 0 Å². The first-order valence-corrected chi connectivity index (χ1v) is 14.3. The molecule has 0 saturated carbocycles. The van der Waals surface area contributed by atoms with Crippen LogP contribution in [0, 0.1) is 0 Å². The first-order chi connectivity index (χ1) is 16.7. The molecule has 34 heavy (non-hydrogen) atoms. The van der Waals surface area contributed by atoms with E-state index in [4.69, 9.17) is 14.2 Å². The van der Waals surface area contributed by atoms with Crippen molar-refractivity contribution in [3.05, 3.63) is 103 Å². The van der Waals surface area contributed by atoms with Crippen LogP contribution in [-0.4, -0.2) is 33.7 Å². The minimum Gasteiger partial charge on any atom is -0.497 e. The van der Waals surface area contributed by atoms with Crippen LogP contribution >= 0.6 is 15.8 Å². The molecule has 5 heteroatoms. The Bertz CT molecular complexity index is 1180. The molecule has 4 rings (SSSR count). The van der Waals surface area contributed by atoms with Gasteiger partial charge >= 0.3 is 0 Å². The Labute approximate surface area is 205 Å². The molecule has 4 aromatic carbocycles. The van der Waals surface area contributed by atoms with Gasteiger partial charge in [-0.05, 0) is 63.0 Å². The molecule has 3 nitrogen and oxygen atoms in total. The van der Waals surface area contributed by atoms with Crippen molar-refractivity contribution in [2.45, 2.75) is 0 Å². The Morgan fingerprint density at radius 1 is 0.500 bits per heavy atom. The number of methoxy groups -OCH3 is 3. The Morgan fingerprint density at radius 2 is 1.00 bits per heavy atom. The van der Waals surface area contributed by atoms with Crippen LogP contribution in [0.4, 0.5) is 0 Å². The molecule has 0 aromatic heterocycles. The average Bonchev–Trinajstić information content (AvgIpc) is 2.92. The van der Waals surface area contributed by atoms with Crippen LogP contribution in [0.5, 0.6) is 17.2 Å². The predicted molar refractivity (Wildman–Crippen MR) is 148 cm³/mol. The van der Waals surface area contributed by atoms with Crippen molar-refractivity contribution in [2.75, 3.05) is 33.7 Å². The zero-order valence-corrected chi connectivity index (χ0v) is 21.6. The monoisotopic (exact) mass is 488 g/mol. The second kappa shape index (κ2) is 12.0. The fourth-order valence-electron chi connectivity index (χ4n) is 4.05. The second-order valence-electron chi connectivity index (χ2n) is 7.68. The highest BCUT2D eigenvalue weighted by molar-refractivity contribution is 7.76. The molecule has 0 heterocycles. The first-order valence-electron chi connectivity index (χ1n) is 11.3. The average molecular weight is 489 g/mol. The third-order valence-electron chi connectivity index (χ3n) is 5.74. The summed E-state index contributed by atoms with van der Waals surface area (Å²) >= 11 is 0. The third kappa shape index (κ3) is 5.61. The summed E-state index contributed by atoms with van der Waals surface area (Å²) in [6.07, 6.45) is 2.07. The molecule has 4 aromatic rings. The summed E-state index contributed by atoms with van der Waals surface area (Å²) in [6.45, 7) is 0. The fourth-order valence-corrected chi connectivity index (χ4v) is 9.69. The van der Waals surface area contributed by atoms with E-state index >= 15 is 0 Å². The second-order valence-corrected chi connectivity index (χ2v) is 12.3. The van der Waals surface area contributed by atoms with Gasteiger partial charge in [-0.1, -0.05) is 78.9 Å². The number of ether oxygens (including phenoxy) is 3. The van der Waals surface area contributed by atoms with Gasteiger partial charge in [0, 0.05) is 10.6 Å². The van der Waals surface area contributed by atoms with Crippen molar-refractivity contribution in [1.82, 2.24) is 0 Å². The molecule has 0 spiro atoms. The largest absolute Gasteiger partial charge is 0.497 e. The summed E-state index contributed by atoms with van der Waals surface area (Å²) in [4.78, 5) is 0. The van der Waals surface area contributed by atoms with Crippen LogP contribution < -0.4 is 35.4 Å². The molecule has 174 valence electrons. The van der Waals surface area contributed by atoms with Crippen LogP contribution in [0.25, 0.3) is 0 Å². The summed E-state index contributed by atoms with van der Waals surface area (Å²) in [5.41, 5.74) is 0. The van der Waals surface area contributed by atoms with Gasteiger partial charge in [-0.15, -0.1) is 0 Å².